The summed E-state index contributed by atoms with van der Waals surface area (Å²) in [6.45, 7) is 2.29. The number of carbonyl (C=O) groups excluding carboxylic acids is 1. The molecule has 0 unspecified atom stereocenters. The summed E-state index contributed by atoms with van der Waals surface area (Å²) in [5, 5.41) is 0.910. The summed E-state index contributed by atoms with van der Waals surface area (Å²) in [6.07, 6.45) is 3.35. The third-order valence-corrected chi connectivity index (χ3v) is 5.25. The van der Waals surface area contributed by atoms with Gasteiger partial charge in [-0.3, -0.25) is 4.79 Å². The third kappa shape index (κ3) is 2.78. The van der Waals surface area contributed by atoms with Crippen LogP contribution in [-0.2, 0) is 22.7 Å². The lowest BCUT2D eigenvalue weighted by molar-refractivity contribution is -0.00522. The molecule has 5 rings (SSSR count). The van der Waals surface area contributed by atoms with Crippen molar-refractivity contribution in [2.75, 3.05) is 25.5 Å². The van der Waals surface area contributed by atoms with Crippen molar-refractivity contribution in [2.45, 2.75) is 19.3 Å². The zero-order chi connectivity index (χ0) is 19.1. The first-order valence-electron chi connectivity index (χ1n) is 9.17. The van der Waals surface area contributed by atoms with Crippen molar-refractivity contribution < 1.29 is 14.3 Å². The maximum absolute atomic E-state index is 13.3. The molecule has 28 heavy (non-hydrogen) atoms. The van der Waals surface area contributed by atoms with Gasteiger partial charge < -0.3 is 20.1 Å². The van der Waals surface area contributed by atoms with E-state index in [1.165, 1.54) is 0 Å². The quantitative estimate of drug-likeness (QED) is 0.727. The average Bonchev–Trinajstić information content (AvgIpc) is 3.25. The Hall–Kier alpha value is -3.10. The number of amides is 1. The Morgan fingerprint density at radius 1 is 1.14 bits per heavy atom. The first-order chi connectivity index (χ1) is 13.7. The van der Waals surface area contributed by atoms with Gasteiger partial charge in [0.2, 0.25) is 0 Å². The molecule has 1 amide bonds. The number of ether oxygens (including phenoxy) is 2. The molecule has 8 heteroatoms. The maximum Gasteiger partial charge on any atom is 0.254 e. The number of nitrogens with zero attached hydrogens (tertiary/aromatic N) is 4. The van der Waals surface area contributed by atoms with Crippen LogP contribution in [0.1, 0.15) is 33.4 Å². The monoisotopic (exact) mass is 377 g/mol. The lowest BCUT2D eigenvalue weighted by Crippen LogP contribution is -2.44. The number of carbonyl (C=O) groups is 1. The molecule has 0 radical (unpaired) electrons. The molecule has 2 aliphatic rings. The molecule has 3 aromatic rings. The molecule has 0 bridgehead atoms. The van der Waals surface area contributed by atoms with Crippen LogP contribution in [0.4, 0.5) is 5.82 Å². The Morgan fingerprint density at radius 2 is 1.96 bits per heavy atom. The summed E-state index contributed by atoms with van der Waals surface area (Å²) < 4.78 is 11.1. The summed E-state index contributed by atoms with van der Waals surface area (Å²) in [5.41, 5.74) is 9.33. The second-order valence-electron chi connectivity index (χ2n) is 6.88. The Bertz CT molecular complexity index is 1060. The van der Waals surface area contributed by atoms with E-state index < -0.39 is 0 Å². The highest BCUT2D eigenvalue weighted by atomic mass is 16.5. The molecule has 1 fully saturated rings. The minimum Gasteiger partial charge on any atom is -0.383 e. The second-order valence-corrected chi connectivity index (χ2v) is 6.88. The van der Waals surface area contributed by atoms with E-state index in [0.717, 1.165) is 22.0 Å². The molecule has 2 aromatic heterocycles. The van der Waals surface area contributed by atoms with Crippen LogP contribution in [0.3, 0.4) is 0 Å². The van der Waals surface area contributed by atoms with E-state index in [9.17, 15) is 4.79 Å². The van der Waals surface area contributed by atoms with Crippen LogP contribution in [-0.4, -0.2) is 45.5 Å². The van der Waals surface area contributed by atoms with Crippen LogP contribution >= 0.6 is 0 Å². The molecule has 2 aliphatic heterocycles. The highest BCUT2D eigenvalue weighted by Gasteiger charge is 2.31. The highest BCUT2D eigenvalue weighted by Crippen LogP contribution is 2.32. The van der Waals surface area contributed by atoms with Crippen molar-refractivity contribution in [3.05, 3.63) is 59.2 Å². The number of aromatic nitrogens is 3. The van der Waals surface area contributed by atoms with Gasteiger partial charge in [-0.25, -0.2) is 15.0 Å². The van der Waals surface area contributed by atoms with Crippen LogP contribution in [0.5, 0.6) is 0 Å². The maximum atomic E-state index is 13.3. The standard InChI is InChI=1S/C20H19N5O3/c21-18-15-10-28-9-14(15)13-8-12(2-3-16(13)24-18)20(26)25-6-7-27-11-17(25)19-22-4-1-5-23-19/h1-5,8,17H,6-7,9-11H2,(H2,21,24)/t17-/m1/s1. The van der Waals surface area contributed by atoms with Gasteiger partial charge in [-0.2, -0.15) is 0 Å². The van der Waals surface area contributed by atoms with Gasteiger partial charge in [0.1, 0.15) is 11.9 Å². The number of nitrogens with two attached hydrogens (primary N) is 1. The summed E-state index contributed by atoms with van der Waals surface area (Å²) in [7, 11) is 0. The number of rotatable bonds is 2. The number of anilines is 1. The molecule has 0 saturated carbocycles. The van der Waals surface area contributed by atoms with Gasteiger partial charge in [0.15, 0.2) is 5.82 Å². The smallest absolute Gasteiger partial charge is 0.254 e. The Labute approximate surface area is 161 Å². The number of benzene rings is 1. The van der Waals surface area contributed by atoms with Crippen LogP contribution in [0, 0.1) is 0 Å². The van der Waals surface area contributed by atoms with E-state index in [1.807, 2.05) is 12.1 Å². The lowest BCUT2D eigenvalue weighted by Gasteiger charge is -2.34. The molecule has 4 heterocycles. The topological polar surface area (TPSA) is 103 Å². The second kappa shape index (κ2) is 6.81. The number of fused-ring (bicyclic) bond motifs is 3. The normalized spacial score (nSPS) is 19.0. The fraction of sp³-hybridized carbons (Fsp3) is 0.300. The van der Waals surface area contributed by atoms with Gasteiger partial charge in [-0.05, 0) is 29.8 Å². The van der Waals surface area contributed by atoms with Crippen molar-refractivity contribution in [1.29, 1.82) is 0 Å². The summed E-state index contributed by atoms with van der Waals surface area (Å²) in [4.78, 5) is 28.2. The minimum atomic E-state index is -0.309. The van der Waals surface area contributed by atoms with Crippen molar-refractivity contribution in [3.63, 3.8) is 0 Å². The van der Waals surface area contributed by atoms with Crippen LogP contribution in [0.15, 0.2) is 36.7 Å². The molecule has 2 N–H and O–H groups in total. The zero-order valence-corrected chi connectivity index (χ0v) is 15.2. The first-order valence-corrected chi connectivity index (χ1v) is 9.17. The minimum absolute atomic E-state index is 0.0767. The lowest BCUT2D eigenvalue weighted by atomic mass is 10.0. The van der Waals surface area contributed by atoms with Crippen molar-refractivity contribution in [3.8, 4) is 0 Å². The van der Waals surface area contributed by atoms with Crippen LogP contribution in [0.25, 0.3) is 10.9 Å². The number of hydrogen-bond acceptors (Lipinski definition) is 7. The van der Waals surface area contributed by atoms with E-state index in [0.29, 0.717) is 50.2 Å². The van der Waals surface area contributed by atoms with Gasteiger partial charge in [-0.1, -0.05) is 0 Å². The Balaban J connectivity index is 1.54. The molecule has 142 valence electrons. The van der Waals surface area contributed by atoms with E-state index >= 15 is 0 Å². The molecular formula is C20H19N5O3. The van der Waals surface area contributed by atoms with Gasteiger partial charge >= 0.3 is 0 Å². The third-order valence-electron chi connectivity index (χ3n) is 5.25. The van der Waals surface area contributed by atoms with E-state index in [2.05, 4.69) is 15.0 Å². The molecule has 8 nitrogen and oxygen atoms in total. The van der Waals surface area contributed by atoms with Gasteiger partial charge in [-0.15, -0.1) is 0 Å². The first kappa shape index (κ1) is 17.0. The van der Waals surface area contributed by atoms with E-state index in [4.69, 9.17) is 15.2 Å². The van der Waals surface area contributed by atoms with Crippen molar-refractivity contribution in [2.24, 2.45) is 0 Å². The molecule has 1 atom stereocenters. The Kier molecular flexibility index (Phi) is 4.14. The average molecular weight is 377 g/mol. The number of morpholine rings is 1. The van der Waals surface area contributed by atoms with Crippen molar-refractivity contribution >= 4 is 22.6 Å². The predicted octanol–water partition coefficient (Wildman–Crippen LogP) is 1.85. The SMILES string of the molecule is Nc1nc2ccc(C(=O)N3CCOC[C@@H]3c3ncccn3)cc2c2c1COC2. The van der Waals surface area contributed by atoms with Crippen LogP contribution < -0.4 is 5.73 Å². The molecule has 0 aliphatic carbocycles. The molecule has 1 aromatic carbocycles. The van der Waals surface area contributed by atoms with E-state index in [-0.39, 0.29) is 11.9 Å². The van der Waals surface area contributed by atoms with Gasteiger partial charge in [0, 0.05) is 35.5 Å². The molecular weight excluding hydrogens is 358 g/mol. The van der Waals surface area contributed by atoms with Crippen molar-refractivity contribution in [1.82, 2.24) is 19.9 Å². The number of nitrogen functional groups attached to an aromatic ring is 1. The zero-order valence-electron chi connectivity index (χ0n) is 15.2. The summed E-state index contributed by atoms with van der Waals surface area (Å²) >= 11 is 0. The summed E-state index contributed by atoms with van der Waals surface area (Å²) in [5.74, 6) is 1.00. The Morgan fingerprint density at radius 3 is 2.82 bits per heavy atom. The van der Waals surface area contributed by atoms with Gasteiger partial charge in [0.25, 0.3) is 5.91 Å². The highest BCUT2D eigenvalue weighted by molar-refractivity contribution is 5.99. The number of hydrogen-bond donors (Lipinski definition) is 1. The summed E-state index contributed by atoms with van der Waals surface area (Å²) in [6, 6.07) is 6.96. The molecule has 1 saturated heterocycles. The largest absolute Gasteiger partial charge is 0.383 e. The van der Waals surface area contributed by atoms with Crippen LogP contribution in [0.2, 0.25) is 0 Å². The fourth-order valence-electron chi connectivity index (χ4n) is 3.81. The van der Waals surface area contributed by atoms with E-state index in [1.54, 1.807) is 29.4 Å². The molecule has 0 spiro atoms. The van der Waals surface area contributed by atoms with Gasteiger partial charge in [0.05, 0.1) is 31.9 Å². The predicted molar refractivity (Wildman–Crippen MR) is 101 cm³/mol. The number of pyridine rings is 1. The fourth-order valence-corrected chi connectivity index (χ4v) is 3.81.